The normalized spacial score (nSPS) is 10.7. The Labute approximate surface area is 185 Å². The van der Waals surface area contributed by atoms with E-state index >= 15 is 0 Å². The Morgan fingerprint density at radius 1 is 1.03 bits per heavy atom. The predicted octanol–water partition coefficient (Wildman–Crippen LogP) is 3.62. The highest BCUT2D eigenvalue weighted by atomic mass is 16.1. The Kier molecular flexibility index (Phi) is 6.07. The van der Waals surface area contributed by atoms with Crippen LogP contribution in [0.2, 0.25) is 0 Å². The smallest absolute Gasteiger partial charge is 0.256 e. The number of carbonyl (C=O) groups is 1. The molecule has 0 saturated carbocycles. The highest BCUT2D eigenvalue weighted by molar-refractivity contribution is 5.94. The van der Waals surface area contributed by atoms with E-state index < -0.39 is 0 Å². The van der Waals surface area contributed by atoms with E-state index in [2.05, 4.69) is 27.2 Å². The molecule has 2 heterocycles. The maximum atomic E-state index is 12.7. The van der Waals surface area contributed by atoms with E-state index in [1.54, 1.807) is 36.4 Å². The van der Waals surface area contributed by atoms with Gasteiger partial charge in [0.05, 0.1) is 11.4 Å². The zero-order valence-corrected chi connectivity index (χ0v) is 17.7. The summed E-state index contributed by atoms with van der Waals surface area (Å²) in [4.78, 5) is 34.2. The van der Waals surface area contributed by atoms with Crippen LogP contribution in [-0.2, 0) is 6.54 Å². The lowest BCUT2D eigenvalue weighted by Crippen LogP contribution is -2.23. The Hall–Kier alpha value is -4.26. The lowest BCUT2D eigenvalue weighted by Gasteiger charge is -2.13. The number of nitrogens with one attached hydrogen (secondary N) is 2. The monoisotopic (exact) mass is 425 g/mol. The van der Waals surface area contributed by atoms with Gasteiger partial charge < -0.3 is 10.6 Å². The predicted molar refractivity (Wildman–Crippen MR) is 126 cm³/mol. The lowest BCUT2D eigenvalue weighted by molar-refractivity contribution is 0.0951. The summed E-state index contributed by atoms with van der Waals surface area (Å²) in [6, 6.07) is 19.8. The zero-order chi connectivity index (χ0) is 22.5. The van der Waals surface area contributed by atoms with E-state index in [4.69, 9.17) is 0 Å². The maximum Gasteiger partial charge on any atom is 0.256 e. The van der Waals surface area contributed by atoms with Crippen molar-refractivity contribution in [2.45, 2.75) is 13.5 Å². The van der Waals surface area contributed by atoms with Gasteiger partial charge in [-0.1, -0.05) is 36.4 Å². The van der Waals surface area contributed by atoms with E-state index in [0.717, 1.165) is 16.6 Å². The van der Waals surface area contributed by atoms with Gasteiger partial charge in [-0.25, -0.2) is 4.98 Å². The number of fused-ring (bicyclic) bond motifs is 1. The molecule has 0 atom stereocenters. The van der Waals surface area contributed by atoms with Crippen LogP contribution in [-0.4, -0.2) is 27.0 Å². The van der Waals surface area contributed by atoms with E-state index in [1.165, 1.54) is 10.6 Å². The summed E-state index contributed by atoms with van der Waals surface area (Å²) < 4.78 is 1.52. The molecule has 32 heavy (non-hydrogen) atoms. The number of amides is 1. The summed E-state index contributed by atoms with van der Waals surface area (Å²) in [7, 11) is 0. The summed E-state index contributed by atoms with van der Waals surface area (Å²) in [6.07, 6.45) is 1.71. The molecule has 1 amide bonds. The number of anilines is 1. The van der Waals surface area contributed by atoms with Crippen molar-refractivity contribution in [3.63, 3.8) is 0 Å². The van der Waals surface area contributed by atoms with Gasteiger partial charge in [0.2, 0.25) is 5.95 Å². The summed E-state index contributed by atoms with van der Waals surface area (Å²) in [5.74, 6) is 0.242. The molecule has 2 N–H and O–H groups in total. The van der Waals surface area contributed by atoms with Gasteiger partial charge in [-0.05, 0) is 42.8 Å². The van der Waals surface area contributed by atoms with Gasteiger partial charge in [0.25, 0.3) is 11.5 Å². The van der Waals surface area contributed by atoms with Crippen molar-refractivity contribution >= 4 is 22.9 Å². The van der Waals surface area contributed by atoms with Crippen molar-refractivity contribution in [1.82, 2.24) is 19.9 Å². The van der Waals surface area contributed by atoms with Crippen LogP contribution in [0.1, 0.15) is 21.6 Å². The van der Waals surface area contributed by atoms with Crippen LogP contribution >= 0.6 is 0 Å². The minimum atomic E-state index is -0.216. The number of hydrogen-bond acceptors (Lipinski definition) is 5. The standard InChI is InChI=1S/C25H23N5O2/c1-3-15-26-25-28-17(2)21-13-14-22(31)30(23(21)29-25)20-11-9-19(10-12-20)24(32)27-16-18-7-5-4-6-8-18/h3-14H,1,15-16H2,2H3,(H,27,32)(H,26,28,29). The molecule has 0 aliphatic heterocycles. The van der Waals surface area contributed by atoms with Crippen LogP contribution in [0.15, 0.2) is 84.2 Å². The minimum absolute atomic E-state index is 0.181. The molecule has 0 saturated heterocycles. The summed E-state index contributed by atoms with van der Waals surface area (Å²) in [6.45, 7) is 6.51. The first-order chi connectivity index (χ1) is 15.6. The molecule has 160 valence electrons. The van der Waals surface area contributed by atoms with Gasteiger partial charge >= 0.3 is 0 Å². The molecule has 0 bridgehead atoms. The van der Waals surface area contributed by atoms with Crippen molar-refractivity contribution in [2.24, 2.45) is 0 Å². The first kappa shape index (κ1) is 21.0. The van der Waals surface area contributed by atoms with E-state index in [1.807, 2.05) is 37.3 Å². The van der Waals surface area contributed by atoms with Crippen LogP contribution in [0.5, 0.6) is 0 Å². The molecule has 4 aromatic rings. The number of nitrogens with zero attached hydrogens (tertiary/aromatic N) is 3. The fourth-order valence-corrected chi connectivity index (χ4v) is 3.40. The molecule has 7 heteroatoms. The van der Waals surface area contributed by atoms with Crippen molar-refractivity contribution in [3.05, 3.63) is 107 Å². The molecule has 2 aromatic heterocycles. The quantitative estimate of drug-likeness (QED) is 0.442. The van der Waals surface area contributed by atoms with E-state index in [9.17, 15) is 9.59 Å². The third-order valence-corrected chi connectivity index (χ3v) is 5.03. The average molecular weight is 425 g/mol. The van der Waals surface area contributed by atoms with Gasteiger partial charge in [0.1, 0.15) is 0 Å². The third-order valence-electron chi connectivity index (χ3n) is 5.03. The fraction of sp³-hybridized carbons (Fsp3) is 0.120. The molecule has 0 unspecified atom stereocenters. The molecule has 0 radical (unpaired) electrons. The molecule has 0 aliphatic carbocycles. The first-order valence-corrected chi connectivity index (χ1v) is 10.2. The highest BCUT2D eigenvalue weighted by Crippen LogP contribution is 2.19. The molecular formula is C25H23N5O2. The average Bonchev–Trinajstić information content (AvgIpc) is 2.82. The number of aromatic nitrogens is 3. The van der Waals surface area contributed by atoms with Crippen molar-refractivity contribution in [1.29, 1.82) is 0 Å². The van der Waals surface area contributed by atoms with Crippen LogP contribution in [0, 0.1) is 6.92 Å². The molecule has 0 aliphatic rings. The van der Waals surface area contributed by atoms with Crippen LogP contribution in [0.4, 0.5) is 5.95 Å². The molecule has 2 aromatic carbocycles. The van der Waals surface area contributed by atoms with Crippen molar-refractivity contribution in [2.75, 3.05) is 11.9 Å². The Bertz CT molecular complexity index is 1330. The van der Waals surface area contributed by atoms with Gasteiger partial charge in [0, 0.05) is 30.1 Å². The largest absolute Gasteiger partial charge is 0.351 e. The number of aryl methyl sites for hydroxylation is 1. The number of pyridine rings is 1. The fourth-order valence-electron chi connectivity index (χ4n) is 3.40. The summed E-state index contributed by atoms with van der Waals surface area (Å²) in [5, 5.41) is 6.75. The Balaban J connectivity index is 1.64. The molecule has 4 rings (SSSR count). The summed E-state index contributed by atoms with van der Waals surface area (Å²) in [5.41, 5.74) is 3.19. The highest BCUT2D eigenvalue weighted by Gasteiger charge is 2.12. The van der Waals surface area contributed by atoms with E-state index in [0.29, 0.717) is 35.9 Å². The van der Waals surface area contributed by atoms with Gasteiger partial charge in [-0.2, -0.15) is 4.98 Å². The SMILES string of the molecule is C=CCNc1nc(C)c2ccc(=O)n(-c3ccc(C(=O)NCc4ccccc4)cc3)c2n1. The van der Waals surface area contributed by atoms with Crippen LogP contribution in [0.25, 0.3) is 16.7 Å². The Morgan fingerprint density at radius 3 is 2.50 bits per heavy atom. The van der Waals surface area contributed by atoms with Gasteiger partial charge in [0.15, 0.2) is 5.65 Å². The van der Waals surface area contributed by atoms with Crippen molar-refractivity contribution in [3.8, 4) is 5.69 Å². The van der Waals surface area contributed by atoms with Crippen LogP contribution in [0.3, 0.4) is 0 Å². The molecule has 7 nitrogen and oxygen atoms in total. The zero-order valence-electron chi connectivity index (χ0n) is 17.7. The third kappa shape index (κ3) is 4.41. The second-order valence-electron chi connectivity index (χ2n) is 7.26. The van der Waals surface area contributed by atoms with Gasteiger partial charge in [-0.3, -0.25) is 14.2 Å². The van der Waals surface area contributed by atoms with E-state index in [-0.39, 0.29) is 11.5 Å². The number of rotatable bonds is 7. The Morgan fingerprint density at radius 2 is 1.78 bits per heavy atom. The molecular weight excluding hydrogens is 402 g/mol. The van der Waals surface area contributed by atoms with Crippen LogP contribution < -0.4 is 16.2 Å². The minimum Gasteiger partial charge on any atom is -0.351 e. The number of benzene rings is 2. The maximum absolute atomic E-state index is 12.7. The summed E-state index contributed by atoms with van der Waals surface area (Å²) >= 11 is 0. The number of hydrogen-bond donors (Lipinski definition) is 2. The number of carbonyl (C=O) groups excluding carboxylic acids is 1. The second-order valence-corrected chi connectivity index (χ2v) is 7.26. The topological polar surface area (TPSA) is 88.9 Å². The van der Waals surface area contributed by atoms with Gasteiger partial charge in [-0.15, -0.1) is 6.58 Å². The molecule has 0 fully saturated rings. The lowest BCUT2D eigenvalue weighted by atomic mass is 10.1. The van der Waals surface area contributed by atoms with Crippen molar-refractivity contribution < 1.29 is 4.79 Å². The second kappa shape index (κ2) is 9.26. The molecule has 0 spiro atoms. The first-order valence-electron chi connectivity index (χ1n) is 10.2.